The Bertz CT molecular complexity index is 780. The molecule has 1 aromatic rings. The Morgan fingerprint density at radius 2 is 1.93 bits per heavy atom. The number of aromatic nitrogens is 2. The second kappa shape index (κ2) is 7.43. The van der Waals surface area contributed by atoms with E-state index in [2.05, 4.69) is 23.1 Å². The van der Waals surface area contributed by atoms with E-state index in [1.165, 1.54) is 31.3 Å². The number of halogens is 2. The first kappa shape index (κ1) is 20.7. The standard InChI is InChI=1S/C25H36F2N2O/c1-16(14-29-12-11-28-15-29)21-5-6-22-20-4-3-17-13-25(30,23(26)27)10-8-18(17)19(20)7-9-24(21,22)2/h11-12,15,17-23,30H,1,3-10,13-14H2,2H3/t17-,18+,19-,20-,21-,22+,24-,25+/m1/s1. The van der Waals surface area contributed by atoms with E-state index in [0.717, 1.165) is 37.6 Å². The van der Waals surface area contributed by atoms with Gasteiger partial charge in [-0.3, -0.25) is 0 Å². The summed E-state index contributed by atoms with van der Waals surface area (Å²) in [6, 6.07) is 0. The molecule has 1 heterocycles. The minimum Gasteiger partial charge on any atom is -0.384 e. The van der Waals surface area contributed by atoms with Gasteiger partial charge in [0.1, 0.15) is 5.60 Å². The first-order valence-corrected chi connectivity index (χ1v) is 12.0. The summed E-state index contributed by atoms with van der Waals surface area (Å²) in [6.07, 6.45) is 11.6. The van der Waals surface area contributed by atoms with Crippen LogP contribution in [0.1, 0.15) is 64.7 Å². The zero-order valence-corrected chi connectivity index (χ0v) is 18.1. The minimum atomic E-state index is -2.61. The summed E-state index contributed by atoms with van der Waals surface area (Å²) in [5.74, 6) is 3.53. The molecule has 0 aromatic carbocycles. The fourth-order valence-corrected chi connectivity index (χ4v) is 8.50. The van der Waals surface area contributed by atoms with Gasteiger partial charge in [0.2, 0.25) is 0 Å². The average Bonchev–Trinajstić information content (AvgIpc) is 3.34. The van der Waals surface area contributed by atoms with Crippen molar-refractivity contribution in [3.05, 3.63) is 30.9 Å². The van der Waals surface area contributed by atoms with E-state index in [1.807, 2.05) is 18.7 Å². The number of hydrogen-bond acceptors (Lipinski definition) is 2. The zero-order valence-electron chi connectivity index (χ0n) is 18.1. The predicted molar refractivity (Wildman–Crippen MR) is 113 cm³/mol. The molecule has 0 aliphatic heterocycles. The van der Waals surface area contributed by atoms with Crippen molar-refractivity contribution < 1.29 is 13.9 Å². The maximum atomic E-state index is 13.4. The molecule has 5 heteroatoms. The summed E-state index contributed by atoms with van der Waals surface area (Å²) in [5.41, 5.74) is -0.0742. The molecule has 4 aliphatic carbocycles. The van der Waals surface area contributed by atoms with Crippen LogP contribution in [0.5, 0.6) is 0 Å². The van der Waals surface area contributed by atoms with Gasteiger partial charge >= 0.3 is 0 Å². The molecule has 0 saturated heterocycles. The van der Waals surface area contributed by atoms with Crippen LogP contribution in [0.25, 0.3) is 0 Å². The number of alkyl halides is 2. The average molecular weight is 419 g/mol. The van der Waals surface area contributed by atoms with Crippen molar-refractivity contribution >= 4 is 0 Å². The van der Waals surface area contributed by atoms with E-state index in [4.69, 9.17) is 0 Å². The van der Waals surface area contributed by atoms with Gasteiger partial charge in [-0.1, -0.05) is 19.1 Å². The maximum Gasteiger partial charge on any atom is 0.266 e. The van der Waals surface area contributed by atoms with Crippen LogP contribution in [0.2, 0.25) is 0 Å². The van der Waals surface area contributed by atoms with Crippen LogP contribution in [-0.4, -0.2) is 26.7 Å². The Balaban J connectivity index is 1.30. The van der Waals surface area contributed by atoms with E-state index in [0.29, 0.717) is 29.6 Å². The molecule has 4 fully saturated rings. The van der Waals surface area contributed by atoms with Gasteiger partial charge in [-0.05, 0) is 98.7 Å². The van der Waals surface area contributed by atoms with Crippen molar-refractivity contribution in [2.24, 2.45) is 40.9 Å². The Labute approximate surface area is 179 Å². The predicted octanol–water partition coefficient (Wildman–Crippen LogP) is 5.70. The molecule has 0 radical (unpaired) electrons. The third-order valence-corrected chi connectivity index (χ3v) is 9.89. The summed E-state index contributed by atoms with van der Waals surface area (Å²) in [7, 11) is 0. The Kier molecular flexibility index (Phi) is 5.11. The summed E-state index contributed by atoms with van der Waals surface area (Å²) < 4.78 is 29.0. The number of nitrogens with zero attached hydrogens (tertiary/aromatic N) is 2. The SMILES string of the molecule is C=C(Cn1ccnc1)[C@H]1CC[C@H]2[C@@H]3CC[C@@H]4C[C@](O)(C(F)F)CC[C@@H]4[C@H]3CC[C@]12C. The number of imidazole rings is 1. The van der Waals surface area contributed by atoms with Crippen LogP contribution in [0, 0.1) is 40.9 Å². The van der Waals surface area contributed by atoms with Gasteiger partial charge in [-0.15, -0.1) is 0 Å². The summed E-state index contributed by atoms with van der Waals surface area (Å²) >= 11 is 0. The fourth-order valence-electron chi connectivity index (χ4n) is 8.50. The lowest BCUT2D eigenvalue weighted by atomic mass is 9.48. The maximum absolute atomic E-state index is 13.4. The lowest BCUT2D eigenvalue weighted by Crippen LogP contribution is -2.52. The highest BCUT2D eigenvalue weighted by atomic mass is 19.3. The molecular weight excluding hydrogens is 382 g/mol. The highest BCUT2D eigenvalue weighted by molar-refractivity contribution is 5.16. The van der Waals surface area contributed by atoms with E-state index in [9.17, 15) is 13.9 Å². The van der Waals surface area contributed by atoms with Crippen LogP contribution >= 0.6 is 0 Å². The molecule has 1 N–H and O–H groups in total. The van der Waals surface area contributed by atoms with Gasteiger partial charge in [0.15, 0.2) is 0 Å². The van der Waals surface area contributed by atoms with E-state index in [1.54, 1.807) is 0 Å². The summed E-state index contributed by atoms with van der Waals surface area (Å²) in [5, 5.41) is 10.4. The third-order valence-electron chi connectivity index (χ3n) is 9.89. The largest absolute Gasteiger partial charge is 0.384 e. The first-order valence-electron chi connectivity index (χ1n) is 12.0. The van der Waals surface area contributed by atoms with Crippen molar-refractivity contribution in [3.8, 4) is 0 Å². The molecule has 0 unspecified atom stereocenters. The van der Waals surface area contributed by atoms with Gasteiger partial charge in [-0.2, -0.15) is 0 Å². The normalized spacial score (nSPS) is 45.6. The molecule has 0 spiro atoms. The Morgan fingerprint density at radius 1 is 1.13 bits per heavy atom. The highest BCUT2D eigenvalue weighted by Gasteiger charge is 2.58. The van der Waals surface area contributed by atoms with E-state index < -0.39 is 12.0 Å². The molecule has 0 amide bonds. The van der Waals surface area contributed by atoms with Crippen molar-refractivity contribution in [2.45, 2.75) is 83.3 Å². The van der Waals surface area contributed by atoms with Gasteiger partial charge in [0.25, 0.3) is 6.43 Å². The number of allylic oxidation sites excluding steroid dienone is 1. The minimum absolute atomic E-state index is 0.279. The monoisotopic (exact) mass is 418 g/mol. The number of fused-ring (bicyclic) bond motifs is 5. The van der Waals surface area contributed by atoms with Crippen LogP contribution in [0.15, 0.2) is 30.9 Å². The molecule has 30 heavy (non-hydrogen) atoms. The second-order valence-corrected chi connectivity index (χ2v) is 11.2. The smallest absolute Gasteiger partial charge is 0.266 e. The molecule has 166 valence electrons. The lowest BCUT2D eigenvalue weighted by Gasteiger charge is -2.57. The molecular formula is C25H36F2N2O. The molecule has 4 saturated carbocycles. The number of rotatable bonds is 4. The number of aliphatic hydroxyl groups is 1. The van der Waals surface area contributed by atoms with Gasteiger partial charge in [0.05, 0.1) is 6.33 Å². The van der Waals surface area contributed by atoms with Gasteiger partial charge < -0.3 is 9.67 Å². The molecule has 1 aromatic heterocycles. The summed E-state index contributed by atoms with van der Waals surface area (Å²) in [6.45, 7) is 7.87. The molecule has 8 atom stereocenters. The summed E-state index contributed by atoms with van der Waals surface area (Å²) in [4.78, 5) is 4.17. The van der Waals surface area contributed by atoms with E-state index >= 15 is 0 Å². The van der Waals surface area contributed by atoms with Crippen molar-refractivity contribution in [1.29, 1.82) is 0 Å². The Morgan fingerprint density at radius 3 is 2.67 bits per heavy atom. The van der Waals surface area contributed by atoms with Crippen LogP contribution in [0.3, 0.4) is 0 Å². The molecule has 3 nitrogen and oxygen atoms in total. The lowest BCUT2D eigenvalue weighted by molar-refractivity contribution is -0.158. The van der Waals surface area contributed by atoms with E-state index in [-0.39, 0.29) is 12.3 Å². The van der Waals surface area contributed by atoms with Crippen LogP contribution in [-0.2, 0) is 6.54 Å². The van der Waals surface area contributed by atoms with Crippen LogP contribution in [0.4, 0.5) is 8.78 Å². The topological polar surface area (TPSA) is 38.0 Å². The number of hydrogen-bond donors (Lipinski definition) is 1. The third kappa shape index (κ3) is 3.18. The van der Waals surface area contributed by atoms with Crippen LogP contribution < -0.4 is 0 Å². The van der Waals surface area contributed by atoms with Crippen molar-refractivity contribution in [2.75, 3.05) is 0 Å². The molecule has 4 aliphatic rings. The first-order chi connectivity index (χ1) is 14.3. The second-order valence-electron chi connectivity index (χ2n) is 11.2. The fraction of sp³-hybridized carbons (Fsp3) is 0.800. The molecule has 0 bridgehead atoms. The zero-order chi connectivity index (χ0) is 21.1. The van der Waals surface area contributed by atoms with Gasteiger partial charge in [0, 0.05) is 18.9 Å². The van der Waals surface area contributed by atoms with Crippen molar-refractivity contribution in [1.82, 2.24) is 9.55 Å². The molecule has 5 rings (SSSR count). The van der Waals surface area contributed by atoms with Crippen molar-refractivity contribution in [3.63, 3.8) is 0 Å². The van der Waals surface area contributed by atoms with Gasteiger partial charge in [-0.25, -0.2) is 13.8 Å². The Hall–Kier alpha value is -1.23. The highest BCUT2D eigenvalue weighted by Crippen LogP contribution is 2.65. The quantitative estimate of drug-likeness (QED) is 0.637.